The number of aryl methyl sites for hydroxylation is 1. The van der Waals surface area contributed by atoms with Crippen LogP contribution in [0.5, 0.6) is 0 Å². The van der Waals surface area contributed by atoms with Crippen LogP contribution in [0.15, 0.2) is 29.0 Å². The fraction of sp³-hybridized carbons (Fsp3) is 0.556. The molecule has 0 saturated carbocycles. The largest absolute Gasteiger partial charge is 0.375 e. The molecular weight excluding hydrogens is 320 g/mol. The first-order valence-electron chi connectivity index (χ1n) is 8.89. The van der Waals surface area contributed by atoms with Gasteiger partial charge in [-0.05, 0) is 37.8 Å². The van der Waals surface area contributed by atoms with Crippen molar-refractivity contribution in [2.24, 2.45) is 0 Å². The molecule has 0 N–H and O–H groups in total. The molecule has 1 spiro atoms. The van der Waals surface area contributed by atoms with Gasteiger partial charge in [0.2, 0.25) is 17.6 Å². The Hall–Kier alpha value is -2.28. The highest BCUT2D eigenvalue weighted by atomic mass is 16.5. The summed E-state index contributed by atoms with van der Waals surface area (Å²) in [5.74, 6) is 1.31. The van der Waals surface area contributed by atoms with Crippen molar-refractivity contribution >= 4 is 5.91 Å². The van der Waals surface area contributed by atoms with E-state index in [1.54, 1.807) is 12.4 Å². The predicted octanol–water partition coefficient (Wildman–Crippen LogP) is 2.24. The molecule has 2 aliphatic rings. The zero-order valence-corrected chi connectivity index (χ0v) is 14.2. The van der Waals surface area contributed by atoms with Crippen LogP contribution in [0.2, 0.25) is 0 Å². The van der Waals surface area contributed by atoms with E-state index in [4.69, 9.17) is 9.26 Å². The second kappa shape index (κ2) is 6.92. The standard InChI is InChI=1S/C18H22N4O3/c23-16(22-10-6-18(7-11-22)8-12-24-18)5-1-4-15-20-17(21-25-15)14-3-2-9-19-13-14/h2-3,9,13H,1,4-8,10-12H2. The topological polar surface area (TPSA) is 81.3 Å². The summed E-state index contributed by atoms with van der Waals surface area (Å²) >= 11 is 0. The lowest BCUT2D eigenvalue weighted by molar-refractivity contribution is -0.176. The first-order valence-corrected chi connectivity index (χ1v) is 8.89. The van der Waals surface area contributed by atoms with Crippen molar-refractivity contribution in [1.82, 2.24) is 20.0 Å². The van der Waals surface area contributed by atoms with Crippen LogP contribution < -0.4 is 0 Å². The molecule has 2 aromatic rings. The number of piperidine rings is 1. The van der Waals surface area contributed by atoms with Gasteiger partial charge in [0.05, 0.1) is 12.2 Å². The average molecular weight is 342 g/mol. The monoisotopic (exact) mass is 342 g/mol. The van der Waals surface area contributed by atoms with Crippen molar-refractivity contribution < 1.29 is 14.1 Å². The van der Waals surface area contributed by atoms with Crippen LogP contribution in [-0.2, 0) is 16.0 Å². The van der Waals surface area contributed by atoms with Crippen LogP contribution in [0, 0.1) is 0 Å². The lowest BCUT2D eigenvalue weighted by atomic mass is 9.84. The molecule has 0 unspecified atom stereocenters. The third-order valence-electron chi connectivity index (χ3n) is 5.16. The summed E-state index contributed by atoms with van der Waals surface area (Å²) in [5.41, 5.74) is 0.914. The first kappa shape index (κ1) is 16.2. The molecule has 4 heterocycles. The van der Waals surface area contributed by atoms with Crippen molar-refractivity contribution in [3.8, 4) is 11.4 Å². The highest BCUT2D eigenvalue weighted by Gasteiger charge is 2.41. The summed E-state index contributed by atoms with van der Waals surface area (Å²) in [4.78, 5) is 22.7. The number of rotatable bonds is 5. The molecule has 0 atom stereocenters. The second-order valence-corrected chi connectivity index (χ2v) is 6.77. The van der Waals surface area contributed by atoms with E-state index < -0.39 is 0 Å². The second-order valence-electron chi connectivity index (χ2n) is 6.77. The van der Waals surface area contributed by atoms with Gasteiger partial charge in [-0.15, -0.1) is 0 Å². The third kappa shape index (κ3) is 3.56. The molecule has 0 aromatic carbocycles. The van der Waals surface area contributed by atoms with Crippen molar-refractivity contribution in [3.05, 3.63) is 30.4 Å². The van der Waals surface area contributed by atoms with Gasteiger partial charge in [-0.25, -0.2) is 0 Å². The number of hydrogen-bond donors (Lipinski definition) is 0. The minimum Gasteiger partial charge on any atom is -0.375 e. The van der Waals surface area contributed by atoms with E-state index in [2.05, 4.69) is 15.1 Å². The smallest absolute Gasteiger partial charge is 0.226 e. The highest BCUT2D eigenvalue weighted by Crippen LogP contribution is 2.36. The van der Waals surface area contributed by atoms with E-state index in [0.717, 1.165) is 44.5 Å². The maximum Gasteiger partial charge on any atom is 0.226 e. The molecule has 0 bridgehead atoms. The summed E-state index contributed by atoms with van der Waals surface area (Å²) in [7, 11) is 0. The SMILES string of the molecule is O=C(CCCc1nc(-c2cccnc2)no1)N1CCC2(CCO2)CC1. The number of likely N-dealkylation sites (tertiary alicyclic amines) is 1. The van der Waals surface area contributed by atoms with Crippen molar-refractivity contribution in [3.63, 3.8) is 0 Å². The van der Waals surface area contributed by atoms with Crippen LogP contribution in [0.25, 0.3) is 11.4 Å². The summed E-state index contributed by atoms with van der Waals surface area (Å²) in [6, 6.07) is 3.72. The molecule has 7 heteroatoms. The Bertz CT molecular complexity index is 717. The number of hydrogen-bond acceptors (Lipinski definition) is 6. The third-order valence-corrected chi connectivity index (χ3v) is 5.16. The molecule has 2 aromatic heterocycles. The summed E-state index contributed by atoms with van der Waals surface area (Å²) in [5, 5.41) is 3.97. The van der Waals surface area contributed by atoms with Crippen molar-refractivity contribution in [2.45, 2.75) is 44.1 Å². The van der Waals surface area contributed by atoms with E-state index in [0.29, 0.717) is 31.0 Å². The lowest BCUT2D eigenvalue weighted by Crippen LogP contribution is -2.53. The van der Waals surface area contributed by atoms with Crippen LogP contribution in [0.3, 0.4) is 0 Å². The molecule has 2 fully saturated rings. The normalized spacial score (nSPS) is 19.0. The Balaban J connectivity index is 1.23. The molecule has 2 saturated heterocycles. The molecule has 7 nitrogen and oxygen atoms in total. The van der Waals surface area contributed by atoms with Crippen LogP contribution in [0.1, 0.15) is 38.0 Å². The minimum atomic E-state index is 0.0865. The fourth-order valence-corrected chi connectivity index (χ4v) is 3.47. The Morgan fingerprint density at radius 2 is 2.12 bits per heavy atom. The zero-order valence-electron chi connectivity index (χ0n) is 14.2. The van der Waals surface area contributed by atoms with E-state index in [1.165, 1.54) is 0 Å². The maximum absolute atomic E-state index is 12.3. The molecule has 2 aliphatic heterocycles. The Kier molecular flexibility index (Phi) is 4.48. The maximum atomic E-state index is 12.3. The van der Waals surface area contributed by atoms with Crippen LogP contribution >= 0.6 is 0 Å². The van der Waals surface area contributed by atoms with Gasteiger partial charge in [-0.3, -0.25) is 9.78 Å². The van der Waals surface area contributed by atoms with E-state index in [1.807, 2.05) is 17.0 Å². The number of pyridine rings is 1. The van der Waals surface area contributed by atoms with Gasteiger partial charge in [0, 0.05) is 43.9 Å². The number of carbonyl (C=O) groups is 1. The quantitative estimate of drug-likeness (QED) is 0.829. The minimum absolute atomic E-state index is 0.0865. The highest BCUT2D eigenvalue weighted by molar-refractivity contribution is 5.76. The van der Waals surface area contributed by atoms with Gasteiger partial charge in [0.15, 0.2) is 0 Å². The number of nitrogens with zero attached hydrogens (tertiary/aromatic N) is 4. The molecule has 0 radical (unpaired) electrons. The van der Waals surface area contributed by atoms with Gasteiger partial charge in [0.25, 0.3) is 0 Å². The fourth-order valence-electron chi connectivity index (χ4n) is 3.47. The van der Waals surface area contributed by atoms with Gasteiger partial charge < -0.3 is 14.2 Å². The predicted molar refractivity (Wildman–Crippen MR) is 89.6 cm³/mol. The number of ether oxygens (including phenoxy) is 1. The average Bonchev–Trinajstić information content (AvgIpc) is 3.10. The number of carbonyl (C=O) groups excluding carboxylic acids is 1. The van der Waals surface area contributed by atoms with E-state index in [-0.39, 0.29) is 11.5 Å². The Labute approximate surface area is 146 Å². The van der Waals surface area contributed by atoms with Gasteiger partial charge in [-0.1, -0.05) is 5.16 Å². The zero-order chi connectivity index (χ0) is 17.1. The van der Waals surface area contributed by atoms with E-state index in [9.17, 15) is 4.79 Å². The molecule has 1 amide bonds. The summed E-state index contributed by atoms with van der Waals surface area (Å²) in [6.07, 6.45) is 8.33. The number of aromatic nitrogens is 3. The Morgan fingerprint density at radius 1 is 1.28 bits per heavy atom. The van der Waals surface area contributed by atoms with Gasteiger partial charge in [-0.2, -0.15) is 4.98 Å². The van der Waals surface area contributed by atoms with Crippen LogP contribution in [0.4, 0.5) is 0 Å². The molecular formula is C18H22N4O3. The van der Waals surface area contributed by atoms with Crippen molar-refractivity contribution in [1.29, 1.82) is 0 Å². The van der Waals surface area contributed by atoms with Gasteiger partial charge >= 0.3 is 0 Å². The Morgan fingerprint density at radius 3 is 2.80 bits per heavy atom. The molecule has 132 valence electrons. The molecule has 4 rings (SSSR count). The van der Waals surface area contributed by atoms with Gasteiger partial charge in [0.1, 0.15) is 0 Å². The summed E-state index contributed by atoms with van der Waals surface area (Å²) in [6.45, 7) is 2.49. The lowest BCUT2D eigenvalue weighted by Gasteiger charge is -2.47. The molecule has 0 aliphatic carbocycles. The van der Waals surface area contributed by atoms with Crippen molar-refractivity contribution in [2.75, 3.05) is 19.7 Å². The summed E-state index contributed by atoms with van der Waals surface area (Å²) < 4.78 is 11.0. The van der Waals surface area contributed by atoms with E-state index >= 15 is 0 Å². The first-order chi connectivity index (χ1) is 12.2. The molecule has 25 heavy (non-hydrogen) atoms. The van der Waals surface area contributed by atoms with Crippen LogP contribution in [-0.4, -0.2) is 51.2 Å². The number of amides is 1.